The quantitative estimate of drug-likeness (QED) is 0.248. The monoisotopic (exact) mass is 635 g/mol. The average molecular weight is 637 g/mol. The van der Waals surface area contributed by atoms with Gasteiger partial charge in [-0.15, -0.1) is 0 Å². The number of carboxylic acids is 1. The lowest BCUT2D eigenvalue weighted by molar-refractivity contribution is -0.181. The summed E-state index contributed by atoms with van der Waals surface area (Å²) in [7, 11) is 0. The van der Waals surface area contributed by atoms with Crippen molar-refractivity contribution in [2.45, 2.75) is 64.3 Å². The summed E-state index contributed by atoms with van der Waals surface area (Å²) >= 11 is 12.5. The highest BCUT2D eigenvalue weighted by Gasteiger charge is 2.48. The van der Waals surface area contributed by atoms with E-state index in [1.165, 1.54) is 13.8 Å². The molecule has 0 aromatic heterocycles. The van der Waals surface area contributed by atoms with Gasteiger partial charge in [0.2, 0.25) is 5.91 Å². The van der Waals surface area contributed by atoms with E-state index in [0.29, 0.717) is 28.5 Å². The van der Waals surface area contributed by atoms with Crippen LogP contribution in [0.5, 0.6) is 0 Å². The minimum Gasteiger partial charge on any atom is -0.481 e. The lowest BCUT2D eigenvalue weighted by Crippen LogP contribution is -2.59. The largest absolute Gasteiger partial charge is 0.481 e. The average Bonchev–Trinajstić information content (AvgIpc) is 3.01. The van der Waals surface area contributed by atoms with E-state index in [1.54, 1.807) is 53.4 Å². The number of carbonyl (C=O) groups is 3. The summed E-state index contributed by atoms with van der Waals surface area (Å²) < 4.78 is 6.62. The third-order valence-electron chi connectivity index (χ3n) is 7.83. The molecule has 3 aromatic rings. The van der Waals surface area contributed by atoms with E-state index in [9.17, 15) is 24.8 Å². The van der Waals surface area contributed by atoms with Crippen LogP contribution in [0.2, 0.25) is 10.0 Å². The summed E-state index contributed by atoms with van der Waals surface area (Å²) in [5, 5.41) is 22.7. The SMILES string of the molecule is CCC[C@@H](C(=O)NCC(C)(C)C(=O)O)N1C(=O)[C@@H](Cc2ccc(C#N)cc2)O[C@H](c2ccc(Cl)cc2)[C@@H]1c1ccc(Cl)cc1. The fourth-order valence-corrected chi connectivity index (χ4v) is 5.50. The first-order valence-corrected chi connectivity index (χ1v) is 15.2. The maximum Gasteiger partial charge on any atom is 0.310 e. The molecule has 0 bridgehead atoms. The molecule has 230 valence electrons. The van der Waals surface area contributed by atoms with Crippen LogP contribution in [0.3, 0.4) is 0 Å². The van der Waals surface area contributed by atoms with Crippen LogP contribution in [0.1, 0.15) is 68.0 Å². The van der Waals surface area contributed by atoms with Gasteiger partial charge >= 0.3 is 5.97 Å². The van der Waals surface area contributed by atoms with Gasteiger partial charge in [-0.05, 0) is 73.4 Å². The zero-order valence-corrected chi connectivity index (χ0v) is 26.3. The second-order valence-electron chi connectivity index (χ2n) is 11.6. The Kier molecular flexibility index (Phi) is 10.7. The van der Waals surface area contributed by atoms with E-state index >= 15 is 0 Å². The van der Waals surface area contributed by atoms with Gasteiger partial charge in [-0.25, -0.2) is 0 Å². The van der Waals surface area contributed by atoms with Crippen LogP contribution in [0.25, 0.3) is 0 Å². The molecule has 8 nitrogen and oxygen atoms in total. The number of morpholine rings is 1. The number of carboxylic acid groups (broad SMARTS) is 1. The second kappa shape index (κ2) is 14.3. The molecule has 0 saturated carbocycles. The summed E-state index contributed by atoms with van der Waals surface area (Å²) in [5.74, 6) is -1.86. The lowest BCUT2D eigenvalue weighted by atomic mass is 9.88. The summed E-state index contributed by atoms with van der Waals surface area (Å²) in [6.07, 6.45) is -0.492. The van der Waals surface area contributed by atoms with Gasteiger partial charge in [0.05, 0.1) is 23.1 Å². The molecule has 1 fully saturated rings. The molecule has 1 heterocycles. The molecular formula is C34H35Cl2N3O5. The minimum absolute atomic E-state index is 0.110. The Bertz CT molecular complexity index is 1520. The summed E-state index contributed by atoms with van der Waals surface area (Å²) in [4.78, 5) is 41.7. The normalized spacial score (nSPS) is 19.2. The summed E-state index contributed by atoms with van der Waals surface area (Å²) in [6, 6.07) is 21.7. The standard InChI is InChI=1S/C34H35Cl2N3O5/c1-4-5-27(31(40)38-20-34(2,3)33(42)43)39-29(23-10-14-25(35)15-11-23)30(24-12-16-26(36)17-13-24)44-28(32(39)41)18-21-6-8-22(19-37)9-7-21/h6-17,27-30H,4-5,18,20H2,1-3H3,(H,38,40)(H,42,43)/t27-,28+,29-,30+/m0/s1. The Balaban J connectivity index is 1.83. The molecule has 10 heteroatoms. The molecule has 4 atom stereocenters. The molecule has 1 aliphatic rings. The zero-order valence-electron chi connectivity index (χ0n) is 24.8. The van der Waals surface area contributed by atoms with Crippen LogP contribution in [0.4, 0.5) is 0 Å². The Labute approximate surface area is 267 Å². The second-order valence-corrected chi connectivity index (χ2v) is 12.4. The Hall–Kier alpha value is -3.90. The van der Waals surface area contributed by atoms with Crippen molar-refractivity contribution in [3.05, 3.63) is 105 Å². The van der Waals surface area contributed by atoms with Crippen LogP contribution < -0.4 is 5.32 Å². The van der Waals surface area contributed by atoms with Gasteiger partial charge in [-0.3, -0.25) is 14.4 Å². The van der Waals surface area contributed by atoms with Gasteiger partial charge in [0, 0.05) is 23.0 Å². The number of nitrogens with one attached hydrogen (secondary N) is 1. The Morgan fingerprint density at radius 1 is 1.00 bits per heavy atom. The van der Waals surface area contributed by atoms with E-state index in [-0.39, 0.29) is 18.9 Å². The van der Waals surface area contributed by atoms with Crippen molar-refractivity contribution in [2.75, 3.05) is 6.54 Å². The highest BCUT2D eigenvalue weighted by Crippen LogP contribution is 2.44. The lowest BCUT2D eigenvalue weighted by Gasteiger charge is -2.48. The molecule has 1 saturated heterocycles. The fraction of sp³-hybridized carbons (Fsp3) is 0.353. The molecule has 44 heavy (non-hydrogen) atoms. The van der Waals surface area contributed by atoms with Gasteiger partial charge in [-0.1, -0.05) is 72.9 Å². The molecule has 2 N–H and O–H groups in total. The number of amides is 2. The zero-order chi connectivity index (χ0) is 32.0. The van der Waals surface area contributed by atoms with Gasteiger partial charge in [0.15, 0.2) is 0 Å². The van der Waals surface area contributed by atoms with Crippen LogP contribution in [0.15, 0.2) is 72.8 Å². The highest BCUT2D eigenvalue weighted by atomic mass is 35.5. The number of hydrogen-bond acceptors (Lipinski definition) is 5. The third-order valence-corrected chi connectivity index (χ3v) is 8.33. The first-order valence-electron chi connectivity index (χ1n) is 14.4. The number of hydrogen-bond donors (Lipinski definition) is 2. The van der Waals surface area contributed by atoms with Crippen molar-refractivity contribution in [1.82, 2.24) is 10.2 Å². The Morgan fingerprint density at radius 2 is 1.57 bits per heavy atom. The van der Waals surface area contributed by atoms with E-state index in [0.717, 1.165) is 16.7 Å². The Morgan fingerprint density at radius 3 is 2.09 bits per heavy atom. The van der Waals surface area contributed by atoms with Crippen LogP contribution in [-0.2, 0) is 25.5 Å². The van der Waals surface area contributed by atoms with Crippen molar-refractivity contribution >= 4 is 41.0 Å². The van der Waals surface area contributed by atoms with Crippen molar-refractivity contribution in [3.8, 4) is 6.07 Å². The highest BCUT2D eigenvalue weighted by molar-refractivity contribution is 6.30. The number of benzene rings is 3. The summed E-state index contributed by atoms with van der Waals surface area (Å²) in [6.45, 7) is 4.88. The molecule has 3 aromatic carbocycles. The molecule has 0 spiro atoms. The molecule has 2 amide bonds. The number of nitrogens with zero attached hydrogens (tertiary/aromatic N) is 2. The van der Waals surface area contributed by atoms with Crippen molar-refractivity contribution in [3.63, 3.8) is 0 Å². The smallest absolute Gasteiger partial charge is 0.310 e. The number of carbonyl (C=O) groups excluding carboxylic acids is 2. The van der Waals surface area contributed by atoms with Crippen molar-refractivity contribution < 1.29 is 24.2 Å². The van der Waals surface area contributed by atoms with Gasteiger partial charge in [0.25, 0.3) is 5.91 Å². The van der Waals surface area contributed by atoms with Crippen LogP contribution >= 0.6 is 23.2 Å². The van der Waals surface area contributed by atoms with E-state index in [1.807, 2.05) is 31.2 Å². The fourth-order valence-electron chi connectivity index (χ4n) is 5.25. The van der Waals surface area contributed by atoms with E-state index in [4.69, 9.17) is 27.9 Å². The molecule has 0 radical (unpaired) electrons. The molecule has 4 rings (SSSR count). The predicted octanol–water partition coefficient (Wildman–Crippen LogP) is 6.51. The summed E-state index contributed by atoms with van der Waals surface area (Å²) in [5.41, 5.74) is 1.57. The number of aliphatic carboxylic acids is 1. The molecule has 1 aliphatic heterocycles. The molecule has 0 aliphatic carbocycles. The van der Waals surface area contributed by atoms with Gasteiger partial charge < -0.3 is 20.1 Å². The van der Waals surface area contributed by atoms with Gasteiger partial charge in [-0.2, -0.15) is 5.26 Å². The third kappa shape index (κ3) is 7.59. The number of rotatable bonds is 11. The predicted molar refractivity (Wildman–Crippen MR) is 168 cm³/mol. The molecule has 0 unspecified atom stereocenters. The first kappa shape index (κ1) is 33.0. The number of ether oxygens (including phenoxy) is 1. The van der Waals surface area contributed by atoms with Gasteiger partial charge in [0.1, 0.15) is 18.2 Å². The first-order chi connectivity index (χ1) is 20.9. The van der Waals surface area contributed by atoms with Crippen molar-refractivity contribution in [2.24, 2.45) is 5.41 Å². The van der Waals surface area contributed by atoms with E-state index < -0.39 is 41.6 Å². The topological polar surface area (TPSA) is 120 Å². The minimum atomic E-state index is -1.21. The number of nitriles is 1. The van der Waals surface area contributed by atoms with E-state index in [2.05, 4.69) is 11.4 Å². The van der Waals surface area contributed by atoms with Crippen molar-refractivity contribution in [1.29, 1.82) is 5.26 Å². The number of halogens is 2. The maximum atomic E-state index is 14.5. The van der Waals surface area contributed by atoms with Crippen LogP contribution in [-0.4, -0.2) is 46.5 Å². The molecular weight excluding hydrogens is 601 g/mol. The van der Waals surface area contributed by atoms with Crippen LogP contribution in [0, 0.1) is 16.7 Å². The maximum absolute atomic E-state index is 14.5.